The van der Waals surface area contributed by atoms with Crippen molar-refractivity contribution in [3.8, 4) is 0 Å². The topological polar surface area (TPSA) is 37.4 Å². The number of hydrogen-bond donors (Lipinski definition) is 0. The zero-order valence-corrected chi connectivity index (χ0v) is 15.8. The molecule has 0 fully saturated rings. The lowest BCUT2D eigenvalue weighted by Gasteiger charge is -2.33. The van der Waals surface area contributed by atoms with Crippen molar-refractivity contribution in [2.75, 3.05) is 63.6 Å². The maximum Gasteiger partial charge on any atom is 0.496 e. The van der Waals surface area contributed by atoms with Crippen LogP contribution in [0.4, 0.5) is 0 Å². The van der Waals surface area contributed by atoms with Gasteiger partial charge < -0.3 is 27.0 Å². The van der Waals surface area contributed by atoms with E-state index in [9.17, 15) is 0 Å². The van der Waals surface area contributed by atoms with Crippen LogP contribution >= 0.6 is 0 Å². The predicted molar refractivity (Wildman–Crippen MR) is 80.9 cm³/mol. The minimum absolute atomic E-state index is 0.954. The molecule has 0 aromatic heterocycles. The van der Waals surface area contributed by atoms with E-state index >= 15 is 0 Å². The number of rotatable bonds is 6. The quantitative estimate of drug-likeness (QED) is 0.637. The highest BCUT2D eigenvalue weighted by Crippen LogP contribution is 2.02. The van der Waals surface area contributed by atoms with Gasteiger partial charge in [0.2, 0.25) is 0 Å². The fourth-order valence-corrected chi connectivity index (χ4v) is 4.91. The van der Waals surface area contributed by atoms with Gasteiger partial charge in [-0.3, -0.25) is 0 Å². The molecule has 0 aromatic rings. The maximum atomic E-state index is 4.93. The Hall–Kier alpha value is 0.194. The largest absolute Gasteiger partial charge is 0.496 e. The van der Waals surface area contributed by atoms with E-state index in [0.717, 1.165) is 0 Å². The van der Waals surface area contributed by atoms with Crippen molar-refractivity contribution >= 4 is 18.1 Å². The van der Waals surface area contributed by atoms with Crippen molar-refractivity contribution in [2.45, 2.75) is 6.55 Å². The second-order valence-corrected chi connectivity index (χ2v) is 11.5. The van der Waals surface area contributed by atoms with Gasteiger partial charge in [0.15, 0.2) is 0 Å². The third kappa shape index (κ3) is 8.32. The van der Waals surface area contributed by atoms with Gasteiger partial charge in [0.1, 0.15) is 0 Å². The average Bonchev–Trinajstić information content (AvgIpc) is 2.27. The second-order valence-electron chi connectivity index (χ2n) is 4.71. The van der Waals surface area contributed by atoms with Gasteiger partial charge in [-0.25, -0.2) is 0 Å². The summed E-state index contributed by atoms with van der Waals surface area (Å²) in [7, 11) is 14.4. The van der Waals surface area contributed by atoms with Crippen LogP contribution in [0.2, 0.25) is 6.55 Å². The maximum absolute atomic E-state index is 4.93. The first-order valence-electron chi connectivity index (χ1n) is 5.79. The highest BCUT2D eigenvalue weighted by Gasteiger charge is 2.29. The first-order chi connectivity index (χ1) is 8.15. The molecular formula is C10H31N3O3Si2. The van der Waals surface area contributed by atoms with E-state index in [1.807, 2.05) is 6.55 Å². The monoisotopic (exact) mass is 297 g/mol. The van der Waals surface area contributed by atoms with Crippen LogP contribution in [0, 0.1) is 0 Å². The summed E-state index contributed by atoms with van der Waals surface area (Å²) in [5, 5.41) is 0. The van der Waals surface area contributed by atoms with E-state index in [2.05, 4.69) is 56.0 Å². The molecule has 0 saturated carbocycles. The summed E-state index contributed by atoms with van der Waals surface area (Å²) in [5.41, 5.74) is 0. The molecule has 0 unspecified atom stereocenters. The van der Waals surface area contributed by atoms with E-state index in [-0.39, 0.29) is 0 Å². The van der Waals surface area contributed by atoms with Crippen molar-refractivity contribution in [1.82, 2.24) is 13.7 Å². The summed E-state index contributed by atoms with van der Waals surface area (Å²) in [6, 6.07) is 0. The van der Waals surface area contributed by atoms with Crippen LogP contribution in [-0.2, 0) is 13.3 Å². The molecule has 0 aliphatic rings. The third-order valence-electron chi connectivity index (χ3n) is 2.50. The molecule has 0 amide bonds. The van der Waals surface area contributed by atoms with Crippen LogP contribution in [0.15, 0.2) is 0 Å². The first kappa shape index (κ1) is 20.5. The highest BCUT2D eigenvalue weighted by molar-refractivity contribution is 6.58. The molecule has 0 heterocycles. The van der Waals surface area contributed by atoms with Crippen LogP contribution in [-0.4, -0.2) is 95.4 Å². The Kier molecular flexibility index (Phi) is 11.4. The molecule has 8 heteroatoms. The molecule has 6 nitrogen and oxygen atoms in total. The zero-order valence-electron chi connectivity index (χ0n) is 13.6. The molecular weight excluding hydrogens is 266 g/mol. The SMILES string of the molecule is CN(C)[SiH](N(C)C)N(C)C.CO[Si](C)(OC)OC. The standard InChI is InChI=1S/C6H19N3Si.C4H12O3Si/c1-7(2)10(8(3)4)9(5)6;1-5-8(4,6-2)7-3/h10H,1-6H3;1-4H3. The first-order valence-corrected chi connectivity index (χ1v) is 9.57. The molecule has 0 atom stereocenters. The Morgan fingerprint density at radius 2 is 0.889 bits per heavy atom. The summed E-state index contributed by atoms with van der Waals surface area (Å²) in [6.07, 6.45) is 0. The smallest absolute Gasteiger partial charge is 0.377 e. The fraction of sp³-hybridized carbons (Fsp3) is 1.00. The summed E-state index contributed by atoms with van der Waals surface area (Å²) in [4.78, 5) is 0. The minimum atomic E-state index is -2.17. The van der Waals surface area contributed by atoms with Crippen LogP contribution in [0.1, 0.15) is 0 Å². The zero-order chi connectivity index (χ0) is 14.9. The van der Waals surface area contributed by atoms with Crippen LogP contribution in [0.3, 0.4) is 0 Å². The average molecular weight is 298 g/mol. The van der Waals surface area contributed by atoms with Crippen LogP contribution < -0.4 is 0 Å². The lowest BCUT2D eigenvalue weighted by molar-refractivity contribution is 0.132. The highest BCUT2D eigenvalue weighted by atomic mass is 28.4. The Morgan fingerprint density at radius 1 is 0.667 bits per heavy atom. The summed E-state index contributed by atoms with van der Waals surface area (Å²) >= 11 is 0. The molecule has 0 aromatic carbocycles. The molecule has 0 spiro atoms. The van der Waals surface area contributed by atoms with Gasteiger partial charge in [0.25, 0.3) is 9.28 Å². The normalized spacial score (nSPS) is 12.3. The molecule has 0 bridgehead atoms. The Morgan fingerprint density at radius 3 is 0.889 bits per heavy atom. The molecule has 0 rings (SSSR count). The molecule has 18 heavy (non-hydrogen) atoms. The van der Waals surface area contributed by atoms with Crippen molar-refractivity contribution in [3.05, 3.63) is 0 Å². The Labute approximate surface area is 116 Å². The number of nitrogens with zero attached hydrogens (tertiary/aromatic N) is 3. The third-order valence-corrected chi connectivity index (χ3v) is 7.49. The minimum Gasteiger partial charge on any atom is -0.377 e. The van der Waals surface area contributed by atoms with Gasteiger partial charge in [-0.15, -0.1) is 0 Å². The van der Waals surface area contributed by atoms with Gasteiger partial charge in [-0.05, 0) is 42.3 Å². The van der Waals surface area contributed by atoms with E-state index in [1.54, 1.807) is 21.3 Å². The van der Waals surface area contributed by atoms with E-state index in [0.29, 0.717) is 0 Å². The van der Waals surface area contributed by atoms with Crippen molar-refractivity contribution in [3.63, 3.8) is 0 Å². The van der Waals surface area contributed by atoms with Gasteiger partial charge in [-0.2, -0.15) is 0 Å². The molecule has 112 valence electrons. The Balaban J connectivity index is 0. The molecule has 0 aliphatic carbocycles. The van der Waals surface area contributed by atoms with E-state index in [4.69, 9.17) is 13.3 Å². The van der Waals surface area contributed by atoms with Crippen LogP contribution in [0.25, 0.3) is 0 Å². The van der Waals surface area contributed by atoms with Crippen LogP contribution in [0.5, 0.6) is 0 Å². The predicted octanol–water partition coefficient (Wildman–Crippen LogP) is -0.117. The molecule has 0 saturated heterocycles. The second kappa shape index (κ2) is 10.0. The number of hydrogen-bond acceptors (Lipinski definition) is 6. The summed E-state index contributed by atoms with van der Waals surface area (Å²) < 4.78 is 21.7. The lowest BCUT2D eigenvalue weighted by atomic mass is 11.2. The molecule has 0 radical (unpaired) electrons. The molecule has 0 aliphatic heterocycles. The van der Waals surface area contributed by atoms with Crippen molar-refractivity contribution in [1.29, 1.82) is 0 Å². The summed E-state index contributed by atoms with van der Waals surface area (Å²) in [5.74, 6) is 0. The fourth-order valence-electron chi connectivity index (χ4n) is 1.64. The van der Waals surface area contributed by atoms with Crippen molar-refractivity contribution < 1.29 is 13.3 Å². The lowest BCUT2D eigenvalue weighted by Crippen LogP contribution is -2.55. The van der Waals surface area contributed by atoms with E-state index in [1.165, 1.54) is 0 Å². The van der Waals surface area contributed by atoms with Gasteiger partial charge in [0, 0.05) is 27.9 Å². The van der Waals surface area contributed by atoms with Gasteiger partial charge >= 0.3 is 8.80 Å². The summed E-state index contributed by atoms with van der Waals surface area (Å²) in [6.45, 7) is 1.83. The van der Waals surface area contributed by atoms with E-state index < -0.39 is 18.1 Å². The molecule has 0 N–H and O–H groups in total. The van der Waals surface area contributed by atoms with Crippen molar-refractivity contribution in [2.24, 2.45) is 0 Å². The van der Waals surface area contributed by atoms with Gasteiger partial charge in [0.05, 0.1) is 0 Å². The Bertz CT molecular complexity index is 176. The van der Waals surface area contributed by atoms with Gasteiger partial charge in [-0.1, -0.05) is 0 Å².